The lowest BCUT2D eigenvalue weighted by atomic mass is 10.4. The lowest BCUT2D eigenvalue weighted by molar-refractivity contribution is 0.461. The number of hydrogen-bond acceptors (Lipinski definition) is 3. The van der Waals surface area contributed by atoms with E-state index in [1.165, 1.54) is 6.92 Å². The van der Waals surface area contributed by atoms with Gasteiger partial charge in [-0.15, -0.1) is 0 Å². The number of hydrogen-bond donors (Lipinski definition) is 0. The summed E-state index contributed by atoms with van der Waals surface area (Å²) >= 11 is 0. The summed E-state index contributed by atoms with van der Waals surface area (Å²) in [7, 11) is -5.52. The molecule has 0 fully saturated rings. The van der Waals surface area contributed by atoms with Crippen molar-refractivity contribution in [3.05, 3.63) is 60.7 Å². The molecule has 0 amide bonds. The highest BCUT2D eigenvalue weighted by Gasteiger charge is 2.25. The molecule has 0 aliphatic heterocycles. The lowest BCUT2D eigenvalue weighted by Gasteiger charge is -2.27. The Balaban J connectivity index is 2.52. The van der Waals surface area contributed by atoms with Gasteiger partial charge in [-0.1, -0.05) is 60.7 Å². The summed E-state index contributed by atoms with van der Waals surface area (Å²) in [6, 6.07) is 18.7. The van der Waals surface area contributed by atoms with Crippen LogP contribution in [0.3, 0.4) is 0 Å². The highest BCUT2D eigenvalue weighted by Crippen LogP contribution is 2.41. The van der Waals surface area contributed by atoms with Gasteiger partial charge in [0.2, 0.25) is 0 Å². The molecule has 1 atom stereocenters. The zero-order valence-corrected chi connectivity index (χ0v) is 12.1. The first-order valence-electron chi connectivity index (χ1n) is 5.84. The normalized spacial score (nSPS) is 13.4. The molecule has 0 bridgehead atoms. The van der Waals surface area contributed by atoms with Crippen LogP contribution in [0.2, 0.25) is 0 Å². The molecular weight excluding hydrogens is 279 g/mol. The maximum Gasteiger partial charge on any atom is 0.102 e. The lowest BCUT2D eigenvalue weighted by Crippen LogP contribution is -2.25. The van der Waals surface area contributed by atoms with Gasteiger partial charge in [0.15, 0.2) is 0 Å². The van der Waals surface area contributed by atoms with E-state index in [1.54, 1.807) is 0 Å². The fourth-order valence-corrected chi connectivity index (χ4v) is 5.76. The molecule has 5 heteroatoms. The third-order valence-corrected chi connectivity index (χ3v) is 7.53. The van der Waals surface area contributed by atoms with Crippen molar-refractivity contribution >= 4 is 28.6 Å². The molecule has 19 heavy (non-hydrogen) atoms. The second-order valence-electron chi connectivity index (χ2n) is 4.13. The first-order chi connectivity index (χ1) is 9.00. The molecule has 0 saturated carbocycles. The van der Waals surface area contributed by atoms with Crippen LogP contribution in [0.15, 0.2) is 60.7 Å². The first-order valence-corrected chi connectivity index (χ1v) is 8.72. The van der Waals surface area contributed by atoms with E-state index in [4.69, 9.17) is 0 Å². The van der Waals surface area contributed by atoms with E-state index in [0.717, 1.165) is 10.6 Å². The fraction of sp³-hybridized carbons (Fsp3) is 0.143. The second-order valence-corrected chi connectivity index (χ2v) is 8.72. The minimum atomic E-state index is -4.32. The van der Waals surface area contributed by atoms with E-state index >= 15 is 0 Å². The molecule has 3 nitrogen and oxygen atoms in total. The molecule has 2 aromatic rings. The zero-order chi connectivity index (χ0) is 13.9. The third kappa shape index (κ3) is 3.41. The van der Waals surface area contributed by atoms with Gasteiger partial charge in [0.05, 0.1) is 4.99 Å². The van der Waals surface area contributed by atoms with Crippen LogP contribution in [0.25, 0.3) is 0 Å². The van der Waals surface area contributed by atoms with E-state index < -0.39 is 23.0 Å². The summed E-state index contributed by atoms with van der Waals surface area (Å²) < 4.78 is 34.1. The van der Waals surface area contributed by atoms with Crippen molar-refractivity contribution in [3.8, 4) is 0 Å². The molecule has 100 valence electrons. The Bertz CT molecular complexity index is 587. The summed E-state index contributed by atoms with van der Waals surface area (Å²) in [5.74, 6) is 0. The van der Waals surface area contributed by atoms with Gasteiger partial charge in [0.25, 0.3) is 0 Å². The van der Waals surface area contributed by atoms with Crippen LogP contribution in [0.1, 0.15) is 6.92 Å². The first kappa shape index (κ1) is 14.2. The van der Waals surface area contributed by atoms with E-state index in [-0.39, 0.29) is 0 Å². The van der Waals surface area contributed by atoms with Crippen LogP contribution < -0.4 is 10.6 Å². The molecule has 0 aliphatic rings. The summed E-state index contributed by atoms with van der Waals surface area (Å²) in [4.78, 5) is -0.938. The van der Waals surface area contributed by atoms with Gasteiger partial charge in [-0.3, -0.25) is 0 Å². The van der Waals surface area contributed by atoms with Crippen LogP contribution in [0, 0.1) is 0 Å². The molecule has 0 aromatic heterocycles. The van der Waals surface area contributed by atoms with Crippen molar-refractivity contribution in [2.45, 2.75) is 11.9 Å². The van der Waals surface area contributed by atoms with Crippen LogP contribution in [0.4, 0.5) is 0 Å². The average molecular weight is 293 g/mol. The highest BCUT2D eigenvalue weighted by atomic mass is 32.2. The third-order valence-electron chi connectivity index (χ3n) is 2.85. The van der Waals surface area contributed by atoms with E-state index in [2.05, 4.69) is 0 Å². The van der Waals surface area contributed by atoms with Gasteiger partial charge < -0.3 is 4.55 Å². The van der Waals surface area contributed by atoms with E-state index in [9.17, 15) is 13.0 Å². The number of benzene rings is 2. The standard InChI is InChI=1S/C14H15O3PS/c1-12(19(15,16)17)18(13-8-4-2-5-9-13)14-10-6-3-7-11-14/h2-12H,1H3,(H,15,16,17)/p-1. The monoisotopic (exact) mass is 293 g/mol. The fourth-order valence-electron chi connectivity index (χ4n) is 1.88. The van der Waals surface area contributed by atoms with E-state index in [0.29, 0.717) is 0 Å². The Kier molecular flexibility index (Phi) is 4.35. The largest absolute Gasteiger partial charge is 0.747 e. The van der Waals surface area contributed by atoms with Gasteiger partial charge in [-0.05, 0) is 25.5 Å². The molecule has 0 saturated heterocycles. The SMILES string of the molecule is CC(P(c1ccccc1)c1ccccc1)S(=O)(=O)[O-]. The van der Waals surface area contributed by atoms with E-state index in [1.807, 2.05) is 60.7 Å². The minimum absolute atomic E-state index is 0.899. The molecule has 2 aromatic carbocycles. The smallest absolute Gasteiger partial charge is 0.102 e. The Morgan fingerprint density at radius 1 is 0.895 bits per heavy atom. The summed E-state index contributed by atoms with van der Waals surface area (Å²) in [6.45, 7) is 1.49. The quantitative estimate of drug-likeness (QED) is 0.640. The summed E-state index contributed by atoms with van der Waals surface area (Å²) in [5.41, 5.74) is 0. The molecule has 0 spiro atoms. The molecular formula is C14H14O3PS-. The predicted octanol–water partition coefficient (Wildman–Crippen LogP) is 2.01. The Labute approximate surface area is 114 Å². The van der Waals surface area contributed by atoms with Gasteiger partial charge >= 0.3 is 0 Å². The van der Waals surface area contributed by atoms with Crippen molar-refractivity contribution in [1.82, 2.24) is 0 Å². The summed E-state index contributed by atoms with van der Waals surface area (Å²) in [6.07, 6.45) is 0. The maximum absolute atomic E-state index is 11.4. The Hall–Kier alpha value is -1.22. The molecule has 0 radical (unpaired) electrons. The van der Waals surface area contributed by atoms with Gasteiger partial charge in [-0.2, -0.15) is 0 Å². The minimum Gasteiger partial charge on any atom is -0.747 e. The predicted molar refractivity (Wildman–Crippen MR) is 78.2 cm³/mol. The van der Waals surface area contributed by atoms with Gasteiger partial charge in [0, 0.05) is 0 Å². The zero-order valence-electron chi connectivity index (χ0n) is 10.4. The second kappa shape index (κ2) is 5.83. The maximum atomic E-state index is 11.4. The Morgan fingerprint density at radius 2 is 1.26 bits per heavy atom. The van der Waals surface area contributed by atoms with Crippen LogP contribution in [0.5, 0.6) is 0 Å². The summed E-state index contributed by atoms with van der Waals surface area (Å²) in [5, 5.41) is 1.80. The molecule has 0 N–H and O–H groups in total. The Morgan fingerprint density at radius 3 is 1.58 bits per heavy atom. The highest BCUT2D eigenvalue weighted by molar-refractivity contribution is 7.97. The van der Waals surface area contributed by atoms with Crippen LogP contribution >= 0.6 is 7.92 Å². The molecule has 1 unspecified atom stereocenters. The van der Waals surface area contributed by atoms with Gasteiger partial charge in [0.1, 0.15) is 10.1 Å². The van der Waals surface area contributed by atoms with Crippen LogP contribution in [-0.4, -0.2) is 18.0 Å². The van der Waals surface area contributed by atoms with Crippen LogP contribution in [-0.2, 0) is 10.1 Å². The van der Waals surface area contributed by atoms with Crippen molar-refractivity contribution in [2.75, 3.05) is 0 Å². The average Bonchev–Trinajstić information content (AvgIpc) is 2.40. The molecule has 0 heterocycles. The van der Waals surface area contributed by atoms with Crippen molar-refractivity contribution in [1.29, 1.82) is 0 Å². The molecule has 2 rings (SSSR count). The van der Waals surface area contributed by atoms with Crippen molar-refractivity contribution in [3.63, 3.8) is 0 Å². The van der Waals surface area contributed by atoms with Crippen molar-refractivity contribution in [2.24, 2.45) is 0 Å². The molecule has 0 aliphatic carbocycles. The van der Waals surface area contributed by atoms with Gasteiger partial charge in [-0.25, -0.2) is 8.42 Å². The number of rotatable bonds is 4. The van der Waals surface area contributed by atoms with Crippen molar-refractivity contribution < 1.29 is 13.0 Å². The topological polar surface area (TPSA) is 57.2 Å².